The van der Waals surface area contributed by atoms with Crippen LogP contribution in [0, 0.1) is 0 Å². The Bertz CT molecular complexity index is 960. The highest BCUT2D eigenvalue weighted by Gasteiger charge is 2.11. The zero-order valence-electron chi connectivity index (χ0n) is 12.0. The Balaban J connectivity index is 2.21. The van der Waals surface area contributed by atoms with Gasteiger partial charge in [0, 0.05) is 25.9 Å². The number of rotatable bonds is 4. The standard InChI is InChI=1S/C14H15N5O3/c1-22-6-2-5-19-13(20)11-12(18-14(19)21)17-10-7-8(15)3-4-9(10)16-11/h3-4,7H,2,5-6,15H2,1H3,(H,17,18,21). The van der Waals surface area contributed by atoms with Crippen molar-refractivity contribution in [1.29, 1.82) is 0 Å². The average Bonchev–Trinajstić information content (AvgIpc) is 2.49. The summed E-state index contributed by atoms with van der Waals surface area (Å²) in [7, 11) is 1.57. The number of nitrogen functional groups attached to an aromatic ring is 1. The average molecular weight is 301 g/mol. The van der Waals surface area contributed by atoms with Crippen molar-refractivity contribution in [3.63, 3.8) is 0 Å². The number of H-pyrrole nitrogens is 1. The van der Waals surface area contributed by atoms with Crippen molar-refractivity contribution in [2.45, 2.75) is 13.0 Å². The number of fused-ring (bicyclic) bond motifs is 2. The molecule has 8 heteroatoms. The monoisotopic (exact) mass is 301 g/mol. The minimum absolute atomic E-state index is 0.134. The Labute approximate surface area is 124 Å². The molecule has 3 aromatic rings. The largest absolute Gasteiger partial charge is 0.399 e. The molecular formula is C14H15N5O3. The van der Waals surface area contributed by atoms with Gasteiger partial charge in [-0.1, -0.05) is 0 Å². The summed E-state index contributed by atoms with van der Waals surface area (Å²) in [4.78, 5) is 35.6. The van der Waals surface area contributed by atoms with Gasteiger partial charge in [0.2, 0.25) is 0 Å². The van der Waals surface area contributed by atoms with E-state index in [9.17, 15) is 9.59 Å². The van der Waals surface area contributed by atoms with Crippen LogP contribution in [-0.2, 0) is 11.3 Å². The minimum atomic E-state index is -0.508. The van der Waals surface area contributed by atoms with Gasteiger partial charge in [0.15, 0.2) is 11.2 Å². The van der Waals surface area contributed by atoms with E-state index in [4.69, 9.17) is 10.5 Å². The molecule has 1 aromatic carbocycles. The second-order valence-corrected chi connectivity index (χ2v) is 4.90. The number of anilines is 1. The van der Waals surface area contributed by atoms with Gasteiger partial charge in [0.1, 0.15) is 0 Å². The van der Waals surface area contributed by atoms with Crippen LogP contribution in [0.5, 0.6) is 0 Å². The summed E-state index contributed by atoms with van der Waals surface area (Å²) in [5.41, 5.74) is 6.65. The summed E-state index contributed by atoms with van der Waals surface area (Å²) >= 11 is 0. The van der Waals surface area contributed by atoms with Gasteiger partial charge >= 0.3 is 5.69 Å². The highest BCUT2D eigenvalue weighted by atomic mass is 16.5. The Morgan fingerprint density at radius 2 is 2.09 bits per heavy atom. The maximum Gasteiger partial charge on any atom is 0.330 e. The Morgan fingerprint density at radius 1 is 1.27 bits per heavy atom. The normalized spacial score (nSPS) is 11.3. The third-order valence-corrected chi connectivity index (χ3v) is 3.34. The van der Waals surface area contributed by atoms with Gasteiger partial charge in [-0.2, -0.15) is 0 Å². The fraction of sp³-hybridized carbons (Fsp3) is 0.286. The molecule has 22 heavy (non-hydrogen) atoms. The topological polar surface area (TPSA) is 116 Å². The van der Waals surface area contributed by atoms with Crippen molar-refractivity contribution in [3.8, 4) is 0 Å². The van der Waals surface area contributed by atoms with Crippen LogP contribution in [0.3, 0.4) is 0 Å². The first-order valence-electron chi connectivity index (χ1n) is 6.79. The lowest BCUT2D eigenvalue weighted by Gasteiger charge is -2.06. The molecule has 0 aliphatic carbocycles. The smallest absolute Gasteiger partial charge is 0.330 e. The zero-order valence-corrected chi connectivity index (χ0v) is 12.0. The predicted molar refractivity (Wildman–Crippen MR) is 82.8 cm³/mol. The van der Waals surface area contributed by atoms with Gasteiger partial charge in [-0.15, -0.1) is 0 Å². The van der Waals surface area contributed by atoms with Crippen LogP contribution >= 0.6 is 0 Å². The summed E-state index contributed by atoms with van der Waals surface area (Å²) in [5.74, 6) is 0. The van der Waals surface area contributed by atoms with Gasteiger partial charge in [-0.05, 0) is 24.6 Å². The Morgan fingerprint density at radius 3 is 2.86 bits per heavy atom. The van der Waals surface area contributed by atoms with E-state index in [1.807, 2.05) is 0 Å². The molecule has 0 fully saturated rings. The van der Waals surface area contributed by atoms with Crippen LogP contribution in [0.2, 0.25) is 0 Å². The maximum atomic E-state index is 12.4. The fourth-order valence-electron chi connectivity index (χ4n) is 2.27. The van der Waals surface area contributed by atoms with Crippen LogP contribution in [0.4, 0.5) is 5.69 Å². The number of aromatic amines is 1. The maximum absolute atomic E-state index is 12.4. The quantitative estimate of drug-likeness (QED) is 0.405. The fourth-order valence-corrected chi connectivity index (χ4v) is 2.27. The lowest BCUT2D eigenvalue weighted by molar-refractivity contribution is 0.189. The van der Waals surface area contributed by atoms with Crippen LogP contribution in [0.15, 0.2) is 27.8 Å². The van der Waals surface area contributed by atoms with Crippen molar-refractivity contribution in [2.24, 2.45) is 0 Å². The lowest BCUT2D eigenvalue weighted by atomic mass is 10.2. The predicted octanol–water partition coefficient (Wildman–Crippen LogP) is 0.252. The molecule has 0 saturated heterocycles. The van der Waals surface area contributed by atoms with E-state index in [1.54, 1.807) is 25.3 Å². The van der Waals surface area contributed by atoms with Crippen LogP contribution in [0.25, 0.3) is 22.2 Å². The highest BCUT2D eigenvalue weighted by Crippen LogP contribution is 2.14. The highest BCUT2D eigenvalue weighted by molar-refractivity contribution is 5.85. The number of hydrogen-bond acceptors (Lipinski definition) is 6. The molecule has 0 aliphatic heterocycles. The van der Waals surface area contributed by atoms with Gasteiger partial charge in [0.05, 0.1) is 11.0 Å². The molecule has 0 amide bonds. The molecule has 114 valence electrons. The minimum Gasteiger partial charge on any atom is -0.399 e. The molecule has 0 saturated carbocycles. The zero-order chi connectivity index (χ0) is 15.7. The van der Waals surface area contributed by atoms with Crippen molar-refractivity contribution in [1.82, 2.24) is 19.5 Å². The number of methoxy groups -OCH3 is 1. The first-order valence-corrected chi connectivity index (χ1v) is 6.79. The molecule has 3 N–H and O–H groups in total. The third kappa shape index (κ3) is 2.44. The molecule has 0 spiro atoms. The number of aromatic nitrogens is 4. The van der Waals surface area contributed by atoms with Crippen molar-refractivity contribution in [3.05, 3.63) is 39.0 Å². The summed E-state index contributed by atoms with van der Waals surface area (Å²) in [6.07, 6.45) is 0.558. The molecule has 8 nitrogen and oxygen atoms in total. The molecule has 0 radical (unpaired) electrons. The van der Waals surface area contributed by atoms with Crippen molar-refractivity contribution < 1.29 is 4.74 Å². The van der Waals surface area contributed by atoms with E-state index in [2.05, 4.69) is 15.0 Å². The lowest BCUT2D eigenvalue weighted by Crippen LogP contribution is -2.36. The Hall–Kier alpha value is -2.74. The SMILES string of the molecule is COCCCn1c(=O)[nH]c2nc3cc(N)ccc3nc2c1=O. The number of hydrogen-bond donors (Lipinski definition) is 2. The van der Waals surface area contributed by atoms with Crippen LogP contribution in [-0.4, -0.2) is 33.2 Å². The third-order valence-electron chi connectivity index (χ3n) is 3.34. The second-order valence-electron chi connectivity index (χ2n) is 4.90. The van der Waals surface area contributed by atoms with Gasteiger partial charge in [-0.3, -0.25) is 14.3 Å². The number of nitrogens with one attached hydrogen (secondary N) is 1. The summed E-state index contributed by atoms with van der Waals surface area (Å²) in [6, 6.07) is 5.02. The van der Waals surface area contributed by atoms with Crippen LogP contribution in [0.1, 0.15) is 6.42 Å². The van der Waals surface area contributed by atoms with Crippen LogP contribution < -0.4 is 17.0 Å². The molecule has 0 bridgehead atoms. The number of ether oxygens (including phenoxy) is 1. The second kappa shape index (κ2) is 5.57. The number of benzene rings is 1. The first-order chi connectivity index (χ1) is 10.6. The molecule has 0 unspecified atom stereocenters. The van der Waals surface area contributed by atoms with Gasteiger partial charge in [0.25, 0.3) is 5.56 Å². The van der Waals surface area contributed by atoms with Gasteiger partial charge in [-0.25, -0.2) is 14.8 Å². The molecule has 2 aromatic heterocycles. The summed E-state index contributed by atoms with van der Waals surface area (Å²) in [5, 5.41) is 0. The summed E-state index contributed by atoms with van der Waals surface area (Å²) < 4.78 is 6.04. The van der Waals surface area contributed by atoms with E-state index in [-0.39, 0.29) is 17.7 Å². The van der Waals surface area contributed by atoms with E-state index in [0.717, 1.165) is 4.57 Å². The van der Waals surface area contributed by atoms with Crippen molar-refractivity contribution in [2.75, 3.05) is 19.5 Å². The number of nitrogens with two attached hydrogens (primary N) is 1. The molecule has 0 aliphatic rings. The van der Waals surface area contributed by atoms with E-state index < -0.39 is 11.2 Å². The molecule has 2 heterocycles. The van der Waals surface area contributed by atoms with Gasteiger partial charge < -0.3 is 10.5 Å². The van der Waals surface area contributed by atoms with E-state index in [0.29, 0.717) is 29.7 Å². The number of nitrogens with zero attached hydrogens (tertiary/aromatic N) is 3. The molecular weight excluding hydrogens is 286 g/mol. The first kappa shape index (κ1) is 14.2. The Kier molecular flexibility index (Phi) is 3.60. The van der Waals surface area contributed by atoms with E-state index >= 15 is 0 Å². The molecule has 0 atom stereocenters. The van der Waals surface area contributed by atoms with E-state index in [1.165, 1.54) is 0 Å². The van der Waals surface area contributed by atoms with Crippen molar-refractivity contribution >= 4 is 27.9 Å². The molecule has 3 rings (SSSR count). The summed E-state index contributed by atoms with van der Waals surface area (Å²) in [6.45, 7) is 0.728.